The third-order valence-corrected chi connectivity index (χ3v) is 4.20. The first-order chi connectivity index (χ1) is 8.20. The van der Waals surface area contributed by atoms with E-state index in [0.717, 1.165) is 10.5 Å². The molecule has 0 radical (unpaired) electrons. The molecule has 1 heterocycles. The van der Waals surface area contributed by atoms with Crippen LogP contribution < -0.4 is 0 Å². The molecule has 0 saturated heterocycles. The lowest BCUT2D eigenvalue weighted by Crippen LogP contribution is -1.89. The van der Waals surface area contributed by atoms with Crippen LogP contribution in [-0.4, -0.2) is 11.2 Å². The van der Waals surface area contributed by atoms with Gasteiger partial charge in [0.05, 0.1) is 18.9 Å². The van der Waals surface area contributed by atoms with E-state index in [4.69, 9.17) is 0 Å². The first kappa shape index (κ1) is 11.8. The number of nitrogens with zero attached hydrogens (tertiary/aromatic N) is 1. The van der Waals surface area contributed by atoms with E-state index < -0.39 is 4.92 Å². The van der Waals surface area contributed by atoms with Gasteiger partial charge in [0.1, 0.15) is 0 Å². The van der Waals surface area contributed by atoms with Crippen LogP contribution in [0.4, 0.5) is 5.69 Å². The van der Waals surface area contributed by atoms with Crippen LogP contribution in [0, 0.1) is 10.1 Å². The molecule has 86 valence electrons. The van der Waals surface area contributed by atoms with Gasteiger partial charge in [-0.15, -0.1) is 11.3 Å². The summed E-state index contributed by atoms with van der Waals surface area (Å²) in [6.45, 7) is 0. The van der Waals surface area contributed by atoms with Gasteiger partial charge in [-0.05, 0) is 18.2 Å². The lowest BCUT2D eigenvalue weighted by Gasteiger charge is -1.99. The normalized spacial score (nSPS) is 10.1. The third-order valence-electron chi connectivity index (χ3n) is 1.99. The lowest BCUT2D eigenvalue weighted by molar-refractivity contribution is -0.387. The number of carbonyl (C=O) groups is 1. The summed E-state index contributed by atoms with van der Waals surface area (Å²) in [5.74, 6) is 0. The van der Waals surface area contributed by atoms with Crippen LogP contribution >= 0.6 is 23.1 Å². The number of rotatable bonds is 4. The summed E-state index contributed by atoms with van der Waals surface area (Å²) in [7, 11) is 0. The van der Waals surface area contributed by atoms with E-state index in [-0.39, 0.29) is 5.69 Å². The number of carbonyl (C=O) groups excluding carboxylic acids is 1. The standard InChI is InChI=1S/C11H7NO3S2/c13-7-8-5-6-11(16-8)17-10-4-2-1-3-9(10)12(14)15/h1-7H. The number of aldehydes is 1. The Hall–Kier alpha value is -1.66. The zero-order valence-corrected chi connectivity index (χ0v) is 10.2. The molecule has 0 amide bonds. The fraction of sp³-hybridized carbons (Fsp3) is 0. The molecule has 1 aromatic carbocycles. The maximum absolute atomic E-state index is 10.8. The molecule has 0 spiro atoms. The van der Waals surface area contributed by atoms with Crippen LogP contribution in [0.25, 0.3) is 0 Å². The number of benzene rings is 1. The molecule has 0 aliphatic carbocycles. The van der Waals surface area contributed by atoms with Crippen molar-refractivity contribution in [2.24, 2.45) is 0 Å². The lowest BCUT2D eigenvalue weighted by atomic mass is 10.3. The first-order valence-corrected chi connectivity index (χ1v) is 6.30. The zero-order valence-electron chi connectivity index (χ0n) is 8.53. The molecule has 2 aromatic rings. The van der Waals surface area contributed by atoms with Gasteiger partial charge in [-0.2, -0.15) is 0 Å². The summed E-state index contributed by atoms with van der Waals surface area (Å²) < 4.78 is 0.862. The van der Waals surface area contributed by atoms with Gasteiger partial charge in [-0.25, -0.2) is 0 Å². The highest BCUT2D eigenvalue weighted by atomic mass is 32.2. The Morgan fingerprint density at radius 2 is 2.00 bits per heavy atom. The van der Waals surface area contributed by atoms with Gasteiger partial charge < -0.3 is 0 Å². The molecular formula is C11H7NO3S2. The summed E-state index contributed by atoms with van der Waals surface area (Å²) in [5.41, 5.74) is 0.0820. The van der Waals surface area contributed by atoms with Crippen molar-refractivity contribution in [1.82, 2.24) is 0 Å². The molecule has 2 rings (SSSR count). The second-order valence-electron chi connectivity index (χ2n) is 3.10. The average molecular weight is 265 g/mol. The predicted octanol–water partition coefficient (Wildman–Crippen LogP) is 3.62. The molecule has 0 aliphatic heterocycles. The van der Waals surface area contributed by atoms with Gasteiger partial charge in [0.25, 0.3) is 5.69 Å². The van der Waals surface area contributed by atoms with Crippen LogP contribution in [-0.2, 0) is 0 Å². The minimum absolute atomic E-state index is 0.0820. The fourth-order valence-electron chi connectivity index (χ4n) is 1.26. The Labute approximate surface area is 105 Å². The Kier molecular flexibility index (Phi) is 3.55. The van der Waals surface area contributed by atoms with E-state index in [2.05, 4.69) is 0 Å². The molecule has 0 bridgehead atoms. The minimum Gasteiger partial charge on any atom is -0.297 e. The van der Waals surface area contributed by atoms with Gasteiger partial charge in [0, 0.05) is 6.07 Å². The van der Waals surface area contributed by atoms with Gasteiger partial charge in [-0.1, -0.05) is 23.9 Å². The molecule has 4 nitrogen and oxygen atoms in total. The van der Waals surface area contributed by atoms with Crippen LogP contribution in [0.1, 0.15) is 9.67 Å². The highest BCUT2D eigenvalue weighted by molar-refractivity contribution is 8.01. The molecule has 17 heavy (non-hydrogen) atoms. The van der Waals surface area contributed by atoms with E-state index in [9.17, 15) is 14.9 Å². The van der Waals surface area contributed by atoms with Crippen molar-refractivity contribution in [3.63, 3.8) is 0 Å². The predicted molar refractivity (Wildman–Crippen MR) is 66.9 cm³/mol. The smallest absolute Gasteiger partial charge is 0.283 e. The van der Waals surface area contributed by atoms with Crippen LogP contribution in [0.2, 0.25) is 0 Å². The summed E-state index contributed by atoms with van der Waals surface area (Å²) in [4.78, 5) is 22.1. The molecule has 0 atom stereocenters. The molecule has 0 unspecified atom stereocenters. The first-order valence-electron chi connectivity index (χ1n) is 4.67. The quantitative estimate of drug-likeness (QED) is 0.481. The topological polar surface area (TPSA) is 60.2 Å². The SMILES string of the molecule is O=Cc1ccc(Sc2ccccc2[N+](=O)[O-])s1. The Balaban J connectivity index is 2.29. The van der Waals surface area contributed by atoms with Crippen LogP contribution in [0.3, 0.4) is 0 Å². The molecule has 0 N–H and O–H groups in total. The Morgan fingerprint density at radius 3 is 2.65 bits per heavy atom. The second-order valence-corrected chi connectivity index (χ2v) is 5.56. The highest BCUT2D eigenvalue weighted by Gasteiger charge is 2.14. The maximum atomic E-state index is 10.8. The molecular weight excluding hydrogens is 258 g/mol. The zero-order chi connectivity index (χ0) is 12.3. The van der Waals surface area contributed by atoms with Crippen molar-refractivity contribution in [3.8, 4) is 0 Å². The maximum Gasteiger partial charge on any atom is 0.283 e. The number of hydrogen-bond acceptors (Lipinski definition) is 5. The van der Waals surface area contributed by atoms with Crippen LogP contribution in [0.5, 0.6) is 0 Å². The van der Waals surface area contributed by atoms with Crippen molar-refractivity contribution in [3.05, 3.63) is 51.4 Å². The van der Waals surface area contributed by atoms with Crippen LogP contribution in [0.15, 0.2) is 45.5 Å². The average Bonchev–Trinajstić information content (AvgIpc) is 2.77. The van der Waals surface area contributed by atoms with Gasteiger partial charge in [0.2, 0.25) is 0 Å². The summed E-state index contributed by atoms with van der Waals surface area (Å²) in [6.07, 6.45) is 0.772. The van der Waals surface area contributed by atoms with E-state index in [1.165, 1.54) is 29.2 Å². The third kappa shape index (κ3) is 2.72. The number of para-hydroxylation sites is 1. The molecule has 1 aromatic heterocycles. The van der Waals surface area contributed by atoms with Gasteiger partial charge in [-0.3, -0.25) is 14.9 Å². The molecule has 0 aliphatic rings. The van der Waals surface area contributed by atoms with Gasteiger partial charge in [0.15, 0.2) is 6.29 Å². The van der Waals surface area contributed by atoms with Crippen molar-refractivity contribution in [2.75, 3.05) is 0 Å². The fourth-order valence-corrected chi connectivity index (χ4v) is 3.28. The van der Waals surface area contributed by atoms with E-state index in [1.54, 1.807) is 30.3 Å². The van der Waals surface area contributed by atoms with Crippen molar-refractivity contribution < 1.29 is 9.72 Å². The second kappa shape index (κ2) is 5.11. The number of nitro groups is 1. The summed E-state index contributed by atoms with van der Waals surface area (Å²) in [5, 5.41) is 10.8. The Bertz CT molecular complexity index is 565. The Morgan fingerprint density at radius 1 is 1.24 bits per heavy atom. The van der Waals surface area contributed by atoms with Crippen molar-refractivity contribution >= 4 is 35.1 Å². The largest absolute Gasteiger partial charge is 0.297 e. The summed E-state index contributed by atoms with van der Waals surface area (Å²) in [6, 6.07) is 10.0. The molecule has 0 fully saturated rings. The van der Waals surface area contributed by atoms with Crippen molar-refractivity contribution in [2.45, 2.75) is 9.10 Å². The highest BCUT2D eigenvalue weighted by Crippen LogP contribution is 2.37. The molecule has 0 saturated carbocycles. The van der Waals surface area contributed by atoms with E-state index in [1.807, 2.05) is 0 Å². The summed E-state index contributed by atoms with van der Waals surface area (Å²) >= 11 is 2.62. The molecule has 6 heteroatoms. The van der Waals surface area contributed by atoms with Gasteiger partial charge >= 0.3 is 0 Å². The number of thiophene rings is 1. The van der Waals surface area contributed by atoms with E-state index in [0.29, 0.717) is 9.77 Å². The van der Waals surface area contributed by atoms with Crippen molar-refractivity contribution in [1.29, 1.82) is 0 Å². The monoisotopic (exact) mass is 265 g/mol. The van der Waals surface area contributed by atoms with E-state index >= 15 is 0 Å². The minimum atomic E-state index is -0.406. The number of hydrogen-bond donors (Lipinski definition) is 0. The number of nitro benzene ring substituents is 1.